The van der Waals surface area contributed by atoms with Crippen molar-refractivity contribution >= 4 is 11.7 Å². The summed E-state index contributed by atoms with van der Waals surface area (Å²) in [4.78, 5) is 12.7. The number of nitrogens with zero attached hydrogens (tertiary/aromatic N) is 2. The summed E-state index contributed by atoms with van der Waals surface area (Å²) in [5.41, 5.74) is 2.04. The Morgan fingerprint density at radius 3 is 3.00 bits per heavy atom. The molecule has 1 N–H and O–H groups in total. The number of nitriles is 1. The molecule has 0 aliphatic carbocycles. The van der Waals surface area contributed by atoms with Gasteiger partial charge in [-0.1, -0.05) is 18.2 Å². The van der Waals surface area contributed by atoms with E-state index in [0.29, 0.717) is 13.1 Å². The first-order chi connectivity index (χ1) is 7.72. The Morgan fingerprint density at radius 2 is 2.31 bits per heavy atom. The normalized spacial score (nSPS) is 17.9. The number of aliphatic carboxylic acids is 1. The van der Waals surface area contributed by atoms with Gasteiger partial charge in [-0.2, -0.15) is 5.26 Å². The second kappa shape index (κ2) is 4.23. The van der Waals surface area contributed by atoms with Crippen LogP contribution in [0.2, 0.25) is 0 Å². The van der Waals surface area contributed by atoms with Crippen LogP contribution in [-0.4, -0.2) is 24.2 Å². The number of anilines is 1. The van der Waals surface area contributed by atoms with Crippen molar-refractivity contribution in [2.45, 2.75) is 12.3 Å². The van der Waals surface area contributed by atoms with Gasteiger partial charge < -0.3 is 10.0 Å². The van der Waals surface area contributed by atoms with Gasteiger partial charge >= 0.3 is 5.97 Å². The number of para-hydroxylation sites is 1. The van der Waals surface area contributed by atoms with Crippen LogP contribution in [0.3, 0.4) is 0 Å². The minimum Gasteiger partial charge on any atom is -0.481 e. The van der Waals surface area contributed by atoms with Crippen LogP contribution in [0.1, 0.15) is 17.9 Å². The van der Waals surface area contributed by atoms with Crippen molar-refractivity contribution in [2.24, 2.45) is 0 Å². The second-order valence-electron chi connectivity index (χ2n) is 3.89. The van der Waals surface area contributed by atoms with Gasteiger partial charge in [0, 0.05) is 18.2 Å². The van der Waals surface area contributed by atoms with Crippen LogP contribution in [0.5, 0.6) is 0 Å². The van der Waals surface area contributed by atoms with E-state index in [4.69, 9.17) is 10.4 Å². The van der Waals surface area contributed by atoms with E-state index in [-0.39, 0.29) is 12.3 Å². The number of rotatable bonds is 3. The second-order valence-corrected chi connectivity index (χ2v) is 3.89. The van der Waals surface area contributed by atoms with Crippen LogP contribution in [0.4, 0.5) is 5.69 Å². The molecule has 0 amide bonds. The molecule has 0 radical (unpaired) electrons. The van der Waals surface area contributed by atoms with E-state index < -0.39 is 5.97 Å². The van der Waals surface area contributed by atoms with Crippen LogP contribution in [0.15, 0.2) is 24.3 Å². The average molecular weight is 216 g/mol. The predicted octanol–water partition coefficient (Wildman–Crippen LogP) is 1.59. The van der Waals surface area contributed by atoms with E-state index in [2.05, 4.69) is 6.07 Å². The molecular formula is C12H12N2O2. The van der Waals surface area contributed by atoms with Crippen molar-refractivity contribution < 1.29 is 9.90 Å². The molecule has 16 heavy (non-hydrogen) atoms. The fraction of sp³-hybridized carbons (Fsp3) is 0.333. The lowest BCUT2D eigenvalue weighted by Gasteiger charge is -2.14. The molecule has 0 fully saturated rings. The first-order valence-electron chi connectivity index (χ1n) is 5.15. The average Bonchev–Trinajstić information content (AvgIpc) is 2.58. The van der Waals surface area contributed by atoms with Gasteiger partial charge in [-0.15, -0.1) is 0 Å². The molecule has 0 aromatic heterocycles. The highest BCUT2D eigenvalue weighted by Crippen LogP contribution is 2.37. The standard InChI is InChI=1S/C12H12N2O2/c13-5-6-14-8-9(7-12(15)16)10-3-1-2-4-11(10)14/h1-4,9H,6-8H2,(H,15,16). The quantitative estimate of drug-likeness (QED) is 0.779. The fourth-order valence-electron chi connectivity index (χ4n) is 2.20. The van der Waals surface area contributed by atoms with E-state index in [0.717, 1.165) is 11.3 Å². The summed E-state index contributed by atoms with van der Waals surface area (Å²) in [6, 6.07) is 9.80. The minimum atomic E-state index is -0.793. The number of fused-ring (bicyclic) bond motifs is 1. The zero-order valence-electron chi connectivity index (χ0n) is 8.76. The van der Waals surface area contributed by atoms with Gasteiger partial charge in [-0.3, -0.25) is 4.79 Å². The van der Waals surface area contributed by atoms with Gasteiger partial charge in [0.1, 0.15) is 6.54 Å². The lowest BCUT2D eigenvalue weighted by atomic mass is 9.98. The first kappa shape index (κ1) is 10.5. The largest absolute Gasteiger partial charge is 0.481 e. The Morgan fingerprint density at radius 1 is 1.56 bits per heavy atom. The highest BCUT2D eigenvalue weighted by Gasteiger charge is 2.29. The third-order valence-corrected chi connectivity index (χ3v) is 2.84. The maximum absolute atomic E-state index is 10.7. The zero-order chi connectivity index (χ0) is 11.5. The Balaban J connectivity index is 2.28. The zero-order valence-corrected chi connectivity index (χ0v) is 8.76. The fourth-order valence-corrected chi connectivity index (χ4v) is 2.20. The van der Waals surface area contributed by atoms with E-state index in [9.17, 15) is 4.79 Å². The molecule has 2 rings (SSSR count). The van der Waals surface area contributed by atoms with Crippen molar-refractivity contribution in [3.8, 4) is 6.07 Å². The molecule has 82 valence electrons. The monoisotopic (exact) mass is 216 g/mol. The van der Waals surface area contributed by atoms with Crippen molar-refractivity contribution in [1.82, 2.24) is 0 Å². The number of hydrogen-bond donors (Lipinski definition) is 1. The van der Waals surface area contributed by atoms with Gasteiger partial charge in [0.15, 0.2) is 0 Å². The SMILES string of the molecule is N#CCN1CC(CC(=O)O)c2ccccc21. The number of carbonyl (C=O) groups is 1. The summed E-state index contributed by atoms with van der Waals surface area (Å²) in [5, 5.41) is 17.5. The maximum atomic E-state index is 10.7. The molecule has 1 aliphatic rings. The van der Waals surface area contributed by atoms with Crippen molar-refractivity contribution in [3.63, 3.8) is 0 Å². The molecule has 4 heteroatoms. The number of carboxylic acids is 1. The molecular weight excluding hydrogens is 204 g/mol. The van der Waals surface area contributed by atoms with Crippen LogP contribution in [0.25, 0.3) is 0 Å². The Bertz CT molecular complexity index is 451. The lowest BCUT2D eigenvalue weighted by molar-refractivity contribution is -0.137. The summed E-state index contributed by atoms with van der Waals surface area (Å²) in [5.74, 6) is -0.791. The summed E-state index contributed by atoms with van der Waals surface area (Å²) >= 11 is 0. The minimum absolute atomic E-state index is 0.00190. The van der Waals surface area contributed by atoms with E-state index >= 15 is 0 Å². The molecule has 1 unspecified atom stereocenters. The van der Waals surface area contributed by atoms with E-state index in [1.807, 2.05) is 29.2 Å². The summed E-state index contributed by atoms with van der Waals surface area (Å²) in [6.45, 7) is 0.937. The number of benzene rings is 1. The molecule has 0 saturated heterocycles. The topological polar surface area (TPSA) is 64.3 Å². The van der Waals surface area contributed by atoms with Gasteiger partial charge in [-0.25, -0.2) is 0 Å². The van der Waals surface area contributed by atoms with Crippen molar-refractivity contribution in [3.05, 3.63) is 29.8 Å². The summed E-state index contributed by atoms with van der Waals surface area (Å²) in [7, 11) is 0. The Kier molecular flexibility index (Phi) is 2.78. The highest BCUT2D eigenvalue weighted by atomic mass is 16.4. The smallest absolute Gasteiger partial charge is 0.304 e. The molecule has 1 aromatic carbocycles. The summed E-state index contributed by atoms with van der Waals surface area (Å²) < 4.78 is 0. The first-order valence-corrected chi connectivity index (χ1v) is 5.15. The third kappa shape index (κ3) is 1.84. The van der Waals surface area contributed by atoms with E-state index in [1.54, 1.807) is 0 Å². The van der Waals surface area contributed by atoms with Crippen LogP contribution < -0.4 is 4.90 Å². The Hall–Kier alpha value is -2.02. The molecule has 1 heterocycles. The van der Waals surface area contributed by atoms with Crippen LogP contribution >= 0.6 is 0 Å². The number of carboxylic acid groups (broad SMARTS) is 1. The number of hydrogen-bond acceptors (Lipinski definition) is 3. The third-order valence-electron chi connectivity index (χ3n) is 2.84. The highest BCUT2D eigenvalue weighted by molar-refractivity contribution is 5.71. The molecule has 4 nitrogen and oxygen atoms in total. The van der Waals surface area contributed by atoms with E-state index in [1.165, 1.54) is 0 Å². The van der Waals surface area contributed by atoms with Crippen molar-refractivity contribution in [1.29, 1.82) is 5.26 Å². The molecule has 0 bridgehead atoms. The molecule has 0 saturated carbocycles. The summed E-state index contributed by atoms with van der Waals surface area (Å²) in [6.07, 6.45) is 0.124. The van der Waals surface area contributed by atoms with Crippen LogP contribution in [0, 0.1) is 11.3 Å². The maximum Gasteiger partial charge on any atom is 0.304 e. The lowest BCUT2D eigenvalue weighted by Crippen LogP contribution is -2.22. The van der Waals surface area contributed by atoms with Gasteiger partial charge in [0.25, 0.3) is 0 Å². The predicted molar refractivity (Wildman–Crippen MR) is 59.3 cm³/mol. The van der Waals surface area contributed by atoms with Crippen LogP contribution in [-0.2, 0) is 4.79 Å². The molecule has 0 spiro atoms. The van der Waals surface area contributed by atoms with Crippen molar-refractivity contribution in [2.75, 3.05) is 18.0 Å². The Labute approximate surface area is 93.7 Å². The van der Waals surface area contributed by atoms with Gasteiger partial charge in [0.05, 0.1) is 12.5 Å². The molecule has 1 aromatic rings. The molecule has 1 atom stereocenters. The van der Waals surface area contributed by atoms with Gasteiger partial charge in [-0.05, 0) is 11.6 Å². The molecule has 1 aliphatic heterocycles. The van der Waals surface area contributed by atoms with Gasteiger partial charge in [0.2, 0.25) is 0 Å².